The summed E-state index contributed by atoms with van der Waals surface area (Å²) in [5.41, 5.74) is 3.71. The highest BCUT2D eigenvalue weighted by Crippen LogP contribution is 2.25. The lowest BCUT2D eigenvalue weighted by molar-refractivity contribution is 0.347. The maximum atomic E-state index is 9.65. The van der Waals surface area contributed by atoms with Crippen molar-refractivity contribution in [3.05, 3.63) is 35.2 Å². The van der Waals surface area contributed by atoms with Gasteiger partial charge in [0.1, 0.15) is 11.4 Å². The van der Waals surface area contributed by atoms with E-state index >= 15 is 0 Å². The molecule has 0 fully saturated rings. The van der Waals surface area contributed by atoms with Crippen molar-refractivity contribution in [1.82, 2.24) is 15.0 Å². The fourth-order valence-electron chi connectivity index (χ4n) is 1.88. The maximum Gasteiger partial charge on any atom is 0.118 e. The minimum atomic E-state index is -0.0592. The molecule has 0 aliphatic heterocycles. The molecule has 0 aliphatic rings. The molecule has 0 aliphatic carbocycles. The summed E-state index contributed by atoms with van der Waals surface area (Å²) in [5, 5.41) is 21.3. The van der Waals surface area contributed by atoms with Gasteiger partial charge in [0.25, 0.3) is 0 Å². The van der Waals surface area contributed by atoms with Crippen LogP contribution in [0.2, 0.25) is 0 Å². The van der Waals surface area contributed by atoms with Gasteiger partial charge in [-0.1, -0.05) is 5.21 Å². The molecular formula is C15H22N4O. The molecule has 2 rings (SSSR count). The Kier molecular flexibility index (Phi) is 3.70. The molecule has 0 saturated carbocycles. The molecule has 0 saturated heterocycles. The van der Waals surface area contributed by atoms with E-state index in [1.807, 2.05) is 30.8 Å². The zero-order valence-corrected chi connectivity index (χ0v) is 12.7. The molecule has 5 heteroatoms. The third kappa shape index (κ3) is 3.10. The van der Waals surface area contributed by atoms with Crippen LogP contribution in [0.4, 0.5) is 5.69 Å². The second-order valence-electron chi connectivity index (χ2n) is 6.13. The Bertz CT molecular complexity index is 611. The first-order valence-corrected chi connectivity index (χ1v) is 6.73. The number of hydrogen-bond acceptors (Lipinski definition) is 4. The summed E-state index contributed by atoms with van der Waals surface area (Å²) in [4.78, 5) is 0. The molecule has 0 bridgehead atoms. The topological polar surface area (TPSA) is 63.0 Å². The lowest BCUT2D eigenvalue weighted by Crippen LogP contribution is -2.22. The van der Waals surface area contributed by atoms with E-state index in [1.165, 1.54) is 0 Å². The van der Waals surface area contributed by atoms with E-state index in [2.05, 4.69) is 36.4 Å². The van der Waals surface area contributed by atoms with Gasteiger partial charge in [-0.3, -0.25) is 0 Å². The Morgan fingerprint density at radius 1 is 1.20 bits per heavy atom. The summed E-state index contributed by atoms with van der Waals surface area (Å²) < 4.78 is 1.86. The SMILES string of the molecule is Cc1cc(NCc2cn(C(C)(C)C)nn2)c(C)cc1O. The van der Waals surface area contributed by atoms with Crippen molar-refractivity contribution in [1.29, 1.82) is 0 Å². The third-order valence-corrected chi connectivity index (χ3v) is 3.23. The summed E-state index contributed by atoms with van der Waals surface area (Å²) in [7, 11) is 0. The largest absolute Gasteiger partial charge is 0.508 e. The van der Waals surface area contributed by atoms with Crippen LogP contribution < -0.4 is 5.32 Å². The van der Waals surface area contributed by atoms with Crippen molar-refractivity contribution in [2.75, 3.05) is 5.32 Å². The molecule has 0 amide bonds. The summed E-state index contributed by atoms with van der Waals surface area (Å²) in [5.74, 6) is 0.326. The van der Waals surface area contributed by atoms with Gasteiger partial charge in [0.2, 0.25) is 0 Å². The predicted octanol–water partition coefficient (Wildman–Crippen LogP) is 2.97. The lowest BCUT2D eigenvalue weighted by atomic mass is 10.1. The number of phenolic OH excluding ortho intramolecular Hbond substituents is 1. The molecule has 1 aromatic carbocycles. The number of nitrogens with zero attached hydrogens (tertiary/aromatic N) is 3. The summed E-state index contributed by atoms with van der Waals surface area (Å²) in [6.45, 7) is 10.7. The molecule has 108 valence electrons. The number of anilines is 1. The fraction of sp³-hybridized carbons (Fsp3) is 0.467. The van der Waals surface area contributed by atoms with E-state index in [4.69, 9.17) is 0 Å². The van der Waals surface area contributed by atoms with Crippen LogP contribution in [0.15, 0.2) is 18.3 Å². The highest BCUT2D eigenvalue weighted by molar-refractivity contribution is 5.56. The van der Waals surface area contributed by atoms with Gasteiger partial charge in [-0.05, 0) is 57.9 Å². The first-order valence-electron chi connectivity index (χ1n) is 6.73. The number of benzene rings is 1. The average molecular weight is 274 g/mol. The average Bonchev–Trinajstić information content (AvgIpc) is 2.80. The predicted molar refractivity (Wildman–Crippen MR) is 79.9 cm³/mol. The van der Waals surface area contributed by atoms with Gasteiger partial charge in [0.05, 0.1) is 18.3 Å². The molecule has 1 heterocycles. The van der Waals surface area contributed by atoms with Crippen molar-refractivity contribution < 1.29 is 5.11 Å². The van der Waals surface area contributed by atoms with Crippen LogP contribution in [-0.2, 0) is 12.1 Å². The minimum Gasteiger partial charge on any atom is -0.508 e. The van der Waals surface area contributed by atoms with Gasteiger partial charge in [-0.25, -0.2) is 4.68 Å². The van der Waals surface area contributed by atoms with Crippen LogP contribution in [-0.4, -0.2) is 20.1 Å². The number of nitrogens with one attached hydrogen (secondary N) is 1. The second-order valence-corrected chi connectivity index (χ2v) is 6.13. The van der Waals surface area contributed by atoms with Gasteiger partial charge in [0.15, 0.2) is 0 Å². The molecule has 2 N–H and O–H groups in total. The van der Waals surface area contributed by atoms with E-state index in [9.17, 15) is 5.11 Å². The monoisotopic (exact) mass is 274 g/mol. The lowest BCUT2D eigenvalue weighted by Gasteiger charge is -2.17. The molecular weight excluding hydrogens is 252 g/mol. The molecule has 0 radical (unpaired) electrons. The van der Waals surface area contributed by atoms with Crippen LogP contribution in [0.1, 0.15) is 37.6 Å². The first kappa shape index (κ1) is 14.4. The fourth-order valence-corrected chi connectivity index (χ4v) is 1.88. The number of hydrogen-bond donors (Lipinski definition) is 2. The quantitative estimate of drug-likeness (QED) is 0.845. The second kappa shape index (κ2) is 5.15. The molecule has 2 aromatic rings. The van der Waals surface area contributed by atoms with E-state index < -0.39 is 0 Å². The molecule has 0 atom stereocenters. The number of aryl methyl sites for hydroxylation is 2. The number of phenols is 1. The number of aromatic nitrogens is 3. The molecule has 0 spiro atoms. The van der Waals surface area contributed by atoms with Crippen LogP contribution in [0.25, 0.3) is 0 Å². The third-order valence-electron chi connectivity index (χ3n) is 3.23. The Hall–Kier alpha value is -2.04. The Labute approximate surface area is 119 Å². The Morgan fingerprint density at radius 2 is 1.90 bits per heavy atom. The van der Waals surface area contributed by atoms with Crippen molar-refractivity contribution in [3.8, 4) is 5.75 Å². The van der Waals surface area contributed by atoms with Crippen molar-refractivity contribution in [3.63, 3.8) is 0 Å². The van der Waals surface area contributed by atoms with E-state index in [0.717, 1.165) is 22.5 Å². The molecule has 1 aromatic heterocycles. The van der Waals surface area contributed by atoms with E-state index in [-0.39, 0.29) is 5.54 Å². The van der Waals surface area contributed by atoms with Crippen LogP contribution in [0, 0.1) is 13.8 Å². The highest BCUT2D eigenvalue weighted by atomic mass is 16.3. The number of rotatable bonds is 3. The molecule has 20 heavy (non-hydrogen) atoms. The standard InChI is InChI=1S/C15H22N4O/c1-10-7-14(20)11(2)6-13(10)16-8-12-9-19(18-17-12)15(3,4)5/h6-7,9,16,20H,8H2,1-5H3. The van der Waals surface area contributed by atoms with Gasteiger partial charge >= 0.3 is 0 Å². The summed E-state index contributed by atoms with van der Waals surface area (Å²) in [6, 6.07) is 3.71. The Balaban J connectivity index is 2.09. The van der Waals surface area contributed by atoms with Crippen LogP contribution in [0.5, 0.6) is 5.75 Å². The minimum absolute atomic E-state index is 0.0592. The van der Waals surface area contributed by atoms with Crippen molar-refractivity contribution >= 4 is 5.69 Å². The van der Waals surface area contributed by atoms with Gasteiger partial charge in [-0.2, -0.15) is 0 Å². The molecule has 0 unspecified atom stereocenters. The van der Waals surface area contributed by atoms with Gasteiger partial charge in [0, 0.05) is 5.69 Å². The Morgan fingerprint density at radius 3 is 2.50 bits per heavy atom. The van der Waals surface area contributed by atoms with Crippen molar-refractivity contribution in [2.45, 2.75) is 46.7 Å². The zero-order valence-electron chi connectivity index (χ0n) is 12.7. The first-order chi connectivity index (χ1) is 9.27. The van der Waals surface area contributed by atoms with Crippen LogP contribution >= 0.6 is 0 Å². The zero-order chi connectivity index (χ0) is 14.9. The summed E-state index contributed by atoms with van der Waals surface area (Å²) >= 11 is 0. The van der Waals surface area contributed by atoms with E-state index in [1.54, 1.807) is 6.07 Å². The number of aromatic hydroxyl groups is 1. The maximum absolute atomic E-state index is 9.65. The normalized spacial score (nSPS) is 11.7. The van der Waals surface area contributed by atoms with Crippen molar-refractivity contribution in [2.24, 2.45) is 0 Å². The molecule has 5 nitrogen and oxygen atoms in total. The van der Waals surface area contributed by atoms with Gasteiger partial charge in [-0.15, -0.1) is 5.10 Å². The summed E-state index contributed by atoms with van der Waals surface area (Å²) in [6.07, 6.45) is 1.95. The van der Waals surface area contributed by atoms with Gasteiger partial charge < -0.3 is 10.4 Å². The van der Waals surface area contributed by atoms with Crippen LogP contribution in [0.3, 0.4) is 0 Å². The van der Waals surface area contributed by atoms with E-state index in [0.29, 0.717) is 12.3 Å². The smallest absolute Gasteiger partial charge is 0.118 e. The highest BCUT2D eigenvalue weighted by Gasteiger charge is 2.15.